The normalized spacial score (nSPS) is 13.0. The van der Waals surface area contributed by atoms with Crippen molar-refractivity contribution in [2.75, 3.05) is 19.6 Å². The molecular formula is C43H51N5O7. The first-order valence-electron chi connectivity index (χ1n) is 18.5. The van der Waals surface area contributed by atoms with E-state index in [4.69, 9.17) is 25.7 Å². The summed E-state index contributed by atoms with van der Waals surface area (Å²) in [7, 11) is 0. The number of Topliss-reactive ketones (excluding diaryl/α,β-unsaturated/α-hetero) is 1. The van der Waals surface area contributed by atoms with E-state index in [9.17, 15) is 19.2 Å². The number of rotatable bonds is 23. The molecule has 4 aromatic rings. The maximum atomic E-state index is 14.1. The highest BCUT2D eigenvalue weighted by Crippen LogP contribution is 2.24. The van der Waals surface area contributed by atoms with Crippen LogP contribution in [-0.4, -0.2) is 66.4 Å². The molecule has 0 aliphatic rings. The molecule has 290 valence electrons. The number of alkyl carbamates (subject to hydrolysis) is 1. The third kappa shape index (κ3) is 15.3. The molecule has 3 unspecified atom stereocenters. The molecule has 0 radical (unpaired) electrons. The standard InChI is InChI=1S/C43H51N5O7/c44-38(29-34-15-5-1-6-16-34)40(50)43(45,25-23-39(47-33-49)53-30-35-17-7-2-8-18-35)24-13-27-48(42(52)55-32-37-21-11-4-12-22-37)28-14-26-46-41(51)54-31-36-19-9-3-10-20-36/h1-12,15-22,38-39H,13-14,23-32,44-45H2,(H,46,51). The predicted molar refractivity (Wildman–Crippen MR) is 209 cm³/mol. The van der Waals surface area contributed by atoms with Crippen LogP contribution in [0.15, 0.2) is 126 Å². The number of nitrogens with two attached hydrogens (primary N) is 2. The highest BCUT2D eigenvalue weighted by atomic mass is 16.6. The number of carbonyl (C=O) groups excluding carboxylic acids is 4. The van der Waals surface area contributed by atoms with Gasteiger partial charge in [0.25, 0.3) is 0 Å². The molecule has 0 spiro atoms. The molecule has 0 saturated carbocycles. The number of benzene rings is 4. The summed E-state index contributed by atoms with van der Waals surface area (Å²) in [5.41, 5.74) is 15.5. The van der Waals surface area contributed by atoms with Gasteiger partial charge in [0.1, 0.15) is 13.2 Å². The third-order valence-corrected chi connectivity index (χ3v) is 9.05. The molecular weight excluding hydrogens is 699 g/mol. The van der Waals surface area contributed by atoms with Crippen molar-refractivity contribution in [3.8, 4) is 0 Å². The molecule has 0 heterocycles. The highest BCUT2D eigenvalue weighted by Gasteiger charge is 2.37. The summed E-state index contributed by atoms with van der Waals surface area (Å²) < 4.78 is 16.9. The first kappa shape index (κ1) is 42.1. The van der Waals surface area contributed by atoms with Gasteiger partial charge in [0.05, 0.1) is 18.2 Å². The first-order valence-corrected chi connectivity index (χ1v) is 18.5. The largest absolute Gasteiger partial charge is 0.445 e. The number of carbonyl (C=O) groups is 3. The number of aliphatic imine (C=N–C) groups is 1. The lowest BCUT2D eigenvalue weighted by Crippen LogP contribution is -2.56. The molecule has 4 rings (SSSR count). The summed E-state index contributed by atoms with van der Waals surface area (Å²) in [4.78, 5) is 56.4. The fourth-order valence-electron chi connectivity index (χ4n) is 6.02. The zero-order valence-electron chi connectivity index (χ0n) is 31.1. The molecule has 4 aromatic carbocycles. The average Bonchev–Trinajstić information content (AvgIpc) is 3.22. The molecule has 5 N–H and O–H groups in total. The van der Waals surface area contributed by atoms with Crippen molar-refractivity contribution in [1.29, 1.82) is 0 Å². The van der Waals surface area contributed by atoms with Crippen molar-refractivity contribution in [3.63, 3.8) is 0 Å². The van der Waals surface area contributed by atoms with E-state index in [1.165, 1.54) is 4.90 Å². The molecule has 0 aliphatic carbocycles. The van der Waals surface area contributed by atoms with E-state index >= 15 is 0 Å². The van der Waals surface area contributed by atoms with Crippen LogP contribution in [0.3, 0.4) is 0 Å². The summed E-state index contributed by atoms with van der Waals surface area (Å²) in [5.74, 6) is -0.343. The van der Waals surface area contributed by atoms with Gasteiger partial charge in [-0.15, -0.1) is 0 Å². The summed E-state index contributed by atoms with van der Waals surface area (Å²) in [5, 5.41) is 2.72. The van der Waals surface area contributed by atoms with Crippen molar-refractivity contribution in [2.45, 2.75) is 76.2 Å². The highest BCUT2D eigenvalue weighted by molar-refractivity contribution is 5.92. The number of amides is 2. The molecule has 0 aliphatic heterocycles. The average molecular weight is 750 g/mol. The van der Waals surface area contributed by atoms with Crippen molar-refractivity contribution in [3.05, 3.63) is 144 Å². The van der Waals surface area contributed by atoms with Crippen molar-refractivity contribution >= 4 is 24.0 Å². The van der Waals surface area contributed by atoms with Gasteiger partial charge in [-0.1, -0.05) is 121 Å². The van der Waals surface area contributed by atoms with Crippen LogP contribution in [0.1, 0.15) is 54.4 Å². The second-order valence-corrected chi connectivity index (χ2v) is 13.3. The lowest BCUT2D eigenvalue weighted by molar-refractivity contribution is -0.126. The SMILES string of the molecule is NC(Cc1ccccc1)C(=O)C(N)(CCCN(CCCNC(=O)OCc1ccccc1)C(=O)OCc1ccccc1)CCC(N=C=O)OCc1ccccc1. The van der Waals surface area contributed by atoms with Gasteiger partial charge in [0, 0.05) is 19.6 Å². The Balaban J connectivity index is 1.40. The zero-order chi connectivity index (χ0) is 39.1. The third-order valence-electron chi connectivity index (χ3n) is 9.05. The van der Waals surface area contributed by atoms with E-state index in [-0.39, 0.29) is 70.9 Å². The molecule has 0 bridgehead atoms. The van der Waals surface area contributed by atoms with Crippen LogP contribution in [0.2, 0.25) is 0 Å². The van der Waals surface area contributed by atoms with E-state index < -0.39 is 30.0 Å². The van der Waals surface area contributed by atoms with Crippen LogP contribution < -0.4 is 16.8 Å². The topological polar surface area (TPSA) is 176 Å². The number of ether oxygens (including phenoxy) is 3. The first-order chi connectivity index (χ1) is 26.8. The van der Waals surface area contributed by atoms with Gasteiger partial charge in [-0.25, -0.2) is 14.4 Å². The van der Waals surface area contributed by atoms with Gasteiger partial charge < -0.3 is 35.9 Å². The fraction of sp³-hybridized carbons (Fsp3) is 0.349. The molecule has 12 heteroatoms. The summed E-state index contributed by atoms with van der Waals surface area (Å²) in [6.45, 7) is 1.15. The number of hydrogen-bond acceptors (Lipinski definition) is 10. The van der Waals surface area contributed by atoms with Gasteiger partial charge in [0.15, 0.2) is 12.0 Å². The maximum Gasteiger partial charge on any atom is 0.410 e. The van der Waals surface area contributed by atoms with E-state index in [1.54, 1.807) is 6.08 Å². The number of isocyanates is 1. The Kier molecular flexibility index (Phi) is 17.8. The minimum Gasteiger partial charge on any atom is -0.445 e. The Labute approximate surface area is 322 Å². The second kappa shape index (κ2) is 23.2. The molecule has 0 fully saturated rings. The second-order valence-electron chi connectivity index (χ2n) is 13.3. The van der Waals surface area contributed by atoms with Crippen molar-refractivity contribution < 1.29 is 33.4 Å². The molecule has 2 amide bonds. The van der Waals surface area contributed by atoms with E-state index in [0.717, 1.165) is 22.3 Å². The summed E-state index contributed by atoms with van der Waals surface area (Å²) in [6, 6.07) is 36.7. The van der Waals surface area contributed by atoms with Gasteiger partial charge in [-0.05, 0) is 60.8 Å². The molecule has 12 nitrogen and oxygen atoms in total. The van der Waals surface area contributed by atoms with E-state index in [2.05, 4.69) is 10.3 Å². The number of nitrogens with one attached hydrogen (secondary N) is 1. The minimum atomic E-state index is -1.43. The number of hydrogen-bond donors (Lipinski definition) is 3. The summed E-state index contributed by atoms with van der Waals surface area (Å²) >= 11 is 0. The van der Waals surface area contributed by atoms with Crippen LogP contribution in [0.5, 0.6) is 0 Å². The van der Waals surface area contributed by atoms with Gasteiger partial charge >= 0.3 is 12.2 Å². The van der Waals surface area contributed by atoms with E-state index in [0.29, 0.717) is 12.8 Å². The van der Waals surface area contributed by atoms with Crippen LogP contribution in [0.25, 0.3) is 0 Å². The Morgan fingerprint density at radius 1 is 0.709 bits per heavy atom. The Morgan fingerprint density at radius 3 is 1.78 bits per heavy atom. The van der Waals surface area contributed by atoms with Crippen LogP contribution in [-0.2, 0) is 50.0 Å². The maximum absolute atomic E-state index is 14.1. The lowest BCUT2D eigenvalue weighted by atomic mass is 9.80. The molecule has 55 heavy (non-hydrogen) atoms. The smallest absolute Gasteiger partial charge is 0.410 e. The molecule has 0 aromatic heterocycles. The Bertz CT molecular complexity index is 1780. The van der Waals surface area contributed by atoms with Crippen molar-refractivity contribution in [2.24, 2.45) is 16.5 Å². The van der Waals surface area contributed by atoms with Crippen LogP contribution >= 0.6 is 0 Å². The zero-order valence-corrected chi connectivity index (χ0v) is 31.1. The van der Waals surface area contributed by atoms with Gasteiger partial charge in [-0.3, -0.25) is 4.79 Å². The Hall–Kier alpha value is -5.65. The predicted octanol–water partition coefficient (Wildman–Crippen LogP) is 6.22. The number of ketones is 1. The Morgan fingerprint density at radius 2 is 1.22 bits per heavy atom. The molecule has 0 saturated heterocycles. The molecule has 3 atom stereocenters. The monoisotopic (exact) mass is 749 g/mol. The van der Waals surface area contributed by atoms with Crippen LogP contribution in [0, 0.1) is 0 Å². The number of nitrogens with zero attached hydrogens (tertiary/aromatic N) is 2. The summed E-state index contributed by atoms with van der Waals surface area (Å²) in [6.07, 6.45) is 1.08. The quantitative estimate of drug-likeness (QED) is 0.0452. The van der Waals surface area contributed by atoms with Crippen molar-refractivity contribution in [1.82, 2.24) is 10.2 Å². The lowest BCUT2D eigenvalue weighted by Gasteiger charge is -2.32. The minimum absolute atomic E-state index is 0.0789. The fourth-order valence-corrected chi connectivity index (χ4v) is 6.02. The van der Waals surface area contributed by atoms with E-state index in [1.807, 2.05) is 121 Å². The van der Waals surface area contributed by atoms with Crippen LogP contribution in [0.4, 0.5) is 9.59 Å². The van der Waals surface area contributed by atoms with Gasteiger partial charge in [-0.2, -0.15) is 4.99 Å². The van der Waals surface area contributed by atoms with Gasteiger partial charge in [0.2, 0.25) is 6.08 Å².